The van der Waals surface area contributed by atoms with Gasteiger partial charge in [0.1, 0.15) is 5.01 Å². The number of nitrogens with one attached hydrogen (secondary N) is 1. The molecule has 0 amide bonds. The molecule has 0 saturated carbocycles. The van der Waals surface area contributed by atoms with Gasteiger partial charge in [0.15, 0.2) is 0 Å². The summed E-state index contributed by atoms with van der Waals surface area (Å²) in [7, 11) is 0. The monoisotopic (exact) mass is 306 g/mol. The molecule has 0 aliphatic carbocycles. The van der Waals surface area contributed by atoms with Crippen LogP contribution in [0.15, 0.2) is 29.2 Å². The van der Waals surface area contributed by atoms with Gasteiger partial charge in [0.25, 0.3) is 0 Å². The van der Waals surface area contributed by atoms with Crippen LogP contribution in [0.4, 0.5) is 0 Å². The van der Waals surface area contributed by atoms with E-state index in [1.54, 1.807) is 11.3 Å². The van der Waals surface area contributed by atoms with Crippen molar-refractivity contribution in [2.45, 2.75) is 38.6 Å². The van der Waals surface area contributed by atoms with Crippen molar-refractivity contribution in [1.82, 2.24) is 10.3 Å². The highest BCUT2D eigenvalue weighted by molar-refractivity contribution is 7.99. The number of benzene rings is 1. The predicted molar refractivity (Wildman–Crippen MR) is 90.7 cm³/mol. The molecule has 0 saturated heterocycles. The maximum absolute atomic E-state index is 4.71. The topological polar surface area (TPSA) is 24.9 Å². The smallest absolute Gasteiger partial charge is 0.123 e. The van der Waals surface area contributed by atoms with E-state index in [-0.39, 0.29) is 0 Å². The summed E-state index contributed by atoms with van der Waals surface area (Å²) in [5.74, 6) is 1.11. The molecule has 0 atom stereocenters. The van der Waals surface area contributed by atoms with Crippen molar-refractivity contribution in [2.24, 2.45) is 0 Å². The Bertz CT molecular complexity index is 532. The second-order valence-corrected chi connectivity index (χ2v) is 7.08. The molecule has 20 heavy (non-hydrogen) atoms. The molecule has 0 aliphatic heterocycles. The first-order valence-corrected chi connectivity index (χ1v) is 8.95. The highest BCUT2D eigenvalue weighted by Crippen LogP contribution is 2.29. The highest BCUT2D eigenvalue weighted by Gasteiger charge is 2.09. The quantitative estimate of drug-likeness (QED) is 0.591. The number of thioether (sulfide) groups is 1. The van der Waals surface area contributed by atoms with E-state index in [2.05, 4.69) is 50.4 Å². The predicted octanol–water partition coefficient (Wildman–Crippen LogP) is 4.73. The summed E-state index contributed by atoms with van der Waals surface area (Å²) >= 11 is 3.68. The average molecular weight is 307 g/mol. The average Bonchev–Trinajstić information content (AvgIpc) is 2.82. The first kappa shape index (κ1) is 15.5. The summed E-state index contributed by atoms with van der Waals surface area (Å²) in [6.45, 7) is 8.47. The number of aromatic nitrogens is 1. The van der Waals surface area contributed by atoms with Crippen molar-refractivity contribution in [3.63, 3.8) is 0 Å². The minimum atomic E-state index is 0.932. The lowest BCUT2D eigenvalue weighted by atomic mass is 10.2. The van der Waals surface area contributed by atoms with E-state index >= 15 is 0 Å². The number of nitrogens with zero attached hydrogens (tertiary/aromatic N) is 1. The van der Waals surface area contributed by atoms with Crippen LogP contribution >= 0.6 is 23.1 Å². The molecule has 0 radical (unpaired) electrons. The van der Waals surface area contributed by atoms with Crippen molar-refractivity contribution < 1.29 is 0 Å². The second-order valence-electron chi connectivity index (χ2n) is 4.66. The summed E-state index contributed by atoms with van der Waals surface area (Å²) in [5, 5.41) is 4.58. The molecule has 0 spiro atoms. The van der Waals surface area contributed by atoms with Crippen LogP contribution in [0.25, 0.3) is 10.6 Å². The Morgan fingerprint density at radius 3 is 2.60 bits per heavy atom. The van der Waals surface area contributed by atoms with Gasteiger partial charge < -0.3 is 5.32 Å². The molecule has 1 aromatic carbocycles. The third kappa shape index (κ3) is 4.08. The molecule has 1 heterocycles. The van der Waals surface area contributed by atoms with Crippen LogP contribution < -0.4 is 5.32 Å². The molecule has 2 nitrogen and oxygen atoms in total. The van der Waals surface area contributed by atoms with Gasteiger partial charge in [-0.2, -0.15) is 0 Å². The van der Waals surface area contributed by atoms with Crippen molar-refractivity contribution in [1.29, 1.82) is 0 Å². The normalized spacial score (nSPS) is 10.9. The summed E-state index contributed by atoms with van der Waals surface area (Å²) in [4.78, 5) is 7.38. The number of thiazole rings is 1. The van der Waals surface area contributed by atoms with Crippen LogP contribution in [0.5, 0.6) is 0 Å². The highest BCUT2D eigenvalue weighted by atomic mass is 32.2. The standard InChI is InChI=1S/C16H22N2S2/c1-4-10-17-11-15-12(3)18-16(20-15)13-6-8-14(9-7-13)19-5-2/h6-9,17H,4-5,10-11H2,1-3H3. The molecular weight excluding hydrogens is 284 g/mol. The van der Waals surface area contributed by atoms with Crippen LogP contribution in [0.3, 0.4) is 0 Å². The zero-order chi connectivity index (χ0) is 14.4. The first-order chi connectivity index (χ1) is 9.74. The first-order valence-electron chi connectivity index (χ1n) is 7.14. The summed E-state index contributed by atoms with van der Waals surface area (Å²) in [6, 6.07) is 8.74. The van der Waals surface area contributed by atoms with Gasteiger partial charge in [-0.15, -0.1) is 23.1 Å². The summed E-state index contributed by atoms with van der Waals surface area (Å²) in [5.41, 5.74) is 2.38. The Hall–Kier alpha value is -0.840. The van der Waals surface area contributed by atoms with Crippen molar-refractivity contribution in [3.8, 4) is 10.6 Å². The van der Waals surface area contributed by atoms with E-state index < -0.39 is 0 Å². The summed E-state index contributed by atoms with van der Waals surface area (Å²) < 4.78 is 0. The molecule has 0 fully saturated rings. The fourth-order valence-electron chi connectivity index (χ4n) is 1.95. The van der Waals surface area contributed by atoms with E-state index in [9.17, 15) is 0 Å². The van der Waals surface area contributed by atoms with Gasteiger partial charge in [-0.3, -0.25) is 0 Å². The van der Waals surface area contributed by atoms with Gasteiger partial charge in [0.05, 0.1) is 5.69 Å². The fourth-order valence-corrected chi connectivity index (χ4v) is 3.65. The van der Waals surface area contributed by atoms with Gasteiger partial charge in [-0.25, -0.2) is 4.98 Å². The largest absolute Gasteiger partial charge is 0.312 e. The molecule has 0 bridgehead atoms. The van der Waals surface area contributed by atoms with E-state index in [0.29, 0.717) is 0 Å². The minimum absolute atomic E-state index is 0.932. The van der Waals surface area contributed by atoms with E-state index in [0.717, 1.165) is 29.5 Å². The van der Waals surface area contributed by atoms with Crippen molar-refractivity contribution >= 4 is 23.1 Å². The van der Waals surface area contributed by atoms with Gasteiger partial charge in [-0.1, -0.05) is 26.0 Å². The Kier molecular flexibility index (Phi) is 6.07. The maximum atomic E-state index is 4.71. The Morgan fingerprint density at radius 2 is 1.95 bits per heavy atom. The molecule has 4 heteroatoms. The number of hydrogen-bond donors (Lipinski definition) is 1. The van der Waals surface area contributed by atoms with Gasteiger partial charge in [-0.05, 0) is 37.8 Å². The van der Waals surface area contributed by atoms with Gasteiger partial charge >= 0.3 is 0 Å². The van der Waals surface area contributed by atoms with Crippen LogP contribution in [0.1, 0.15) is 30.8 Å². The number of aryl methyl sites for hydroxylation is 1. The van der Waals surface area contributed by atoms with Crippen LogP contribution in [0, 0.1) is 6.92 Å². The molecule has 2 aromatic rings. The molecule has 1 aromatic heterocycles. The Balaban J connectivity index is 2.10. The minimum Gasteiger partial charge on any atom is -0.312 e. The lowest BCUT2D eigenvalue weighted by Crippen LogP contribution is -2.13. The van der Waals surface area contributed by atoms with Crippen LogP contribution in [0.2, 0.25) is 0 Å². The van der Waals surface area contributed by atoms with E-state index in [1.807, 2.05) is 11.8 Å². The third-order valence-electron chi connectivity index (χ3n) is 3.02. The zero-order valence-corrected chi connectivity index (χ0v) is 14.0. The van der Waals surface area contributed by atoms with Crippen molar-refractivity contribution in [3.05, 3.63) is 34.8 Å². The fraction of sp³-hybridized carbons (Fsp3) is 0.438. The third-order valence-corrected chi connectivity index (χ3v) is 5.12. The molecular formula is C16H22N2S2. The van der Waals surface area contributed by atoms with Crippen molar-refractivity contribution in [2.75, 3.05) is 12.3 Å². The molecule has 1 N–H and O–H groups in total. The lowest BCUT2D eigenvalue weighted by Gasteiger charge is -2.00. The Morgan fingerprint density at radius 1 is 1.20 bits per heavy atom. The zero-order valence-electron chi connectivity index (χ0n) is 12.4. The molecule has 0 unspecified atom stereocenters. The van der Waals surface area contributed by atoms with E-state index in [1.165, 1.54) is 21.8 Å². The van der Waals surface area contributed by atoms with Crippen LogP contribution in [-0.4, -0.2) is 17.3 Å². The van der Waals surface area contributed by atoms with Gasteiger partial charge in [0.2, 0.25) is 0 Å². The van der Waals surface area contributed by atoms with Crippen LogP contribution in [-0.2, 0) is 6.54 Å². The molecule has 0 aliphatic rings. The van der Waals surface area contributed by atoms with E-state index in [4.69, 9.17) is 4.98 Å². The summed E-state index contributed by atoms with van der Waals surface area (Å²) in [6.07, 6.45) is 1.17. The molecule has 2 rings (SSSR count). The SMILES string of the molecule is CCCNCc1sc(-c2ccc(SCC)cc2)nc1C. The number of rotatable bonds is 7. The maximum Gasteiger partial charge on any atom is 0.123 e. The Labute approximate surface area is 130 Å². The second kappa shape index (κ2) is 7.81. The van der Waals surface area contributed by atoms with Gasteiger partial charge in [0, 0.05) is 21.9 Å². The number of hydrogen-bond acceptors (Lipinski definition) is 4. The lowest BCUT2D eigenvalue weighted by molar-refractivity contribution is 0.678. The molecule has 108 valence electrons.